The summed E-state index contributed by atoms with van der Waals surface area (Å²) in [6, 6.07) is 17.6. The second kappa shape index (κ2) is 6.02. The minimum atomic E-state index is 0.414. The lowest BCUT2D eigenvalue weighted by Crippen LogP contribution is -2.03. The van der Waals surface area contributed by atoms with E-state index in [1.165, 1.54) is 0 Å². The maximum absolute atomic E-state index is 6.10. The molecule has 3 rings (SSSR count). The standard InChI is InChI=1S/C17H15ClN2O/c1-19-17-13(10-12-6-2-4-8-15(12)20-17)11-21-16-9-5-3-7-14(16)18/h2-10H,11H2,1H3,(H,19,20). The van der Waals surface area contributed by atoms with Crippen molar-refractivity contribution < 1.29 is 4.74 Å². The average Bonchev–Trinajstić information content (AvgIpc) is 2.53. The molecule has 3 nitrogen and oxygen atoms in total. The van der Waals surface area contributed by atoms with Crippen molar-refractivity contribution in [1.82, 2.24) is 4.98 Å². The first-order valence-corrected chi connectivity index (χ1v) is 7.09. The first-order chi connectivity index (χ1) is 10.3. The number of para-hydroxylation sites is 2. The molecule has 1 heterocycles. The number of hydrogen-bond acceptors (Lipinski definition) is 3. The van der Waals surface area contributed by atoms with Gasteiger partial charge in [-0.3, -0.25) is 0 Å². The quantitative estimate of drug-likeness (QED) is 0.769. The molecule has 0 spiro atoms. The highest BCUT2D eigenvalue weighted by Gasteiger charge is 2.07. The number of nitrogens with zero attached hydrogens (tertiary/aromatic N) is 1. The van der Waals surface area contributed by atoms with E-state index < -0.39 is 0 Å². The number of benzene rings is 2. The van der Waals surface area contributed by atoms with Crippen LogP contribution in [0.1, 0.15) is 5.56 Å². The van der Waals surface area contributed by atoms with Gasteiger partial charge in [0.1, 0.15) is 18.2 Å². The minimum Gasteiger partial charge on any atom is -0.487 e. The predicted octanol–water partition coefficient (Wildman–Crippen LogP) is 4.51. The number of hydrogen-bond donors (Lipinski definition) is 1. The number of nitrogens with one attached hydrogen (secondary N) is 1. The summed E-state index contributed by atoms with van der Waals surface area (Å²) in [4.78, 5) is 4.60. The Balaban J connectivity index is 1.91. The molecule has 0 saturated heterocycles. The van der Waals surface area contributed by atoms with Crippen molar-refractivity contribution in [2.75, 3.05) is 12.4 Å². The summed E-state index contributed by atoms with van der Waals surface area (Å²) >= 11 is 6.10. The summed E-state index contributed by atoms with van der Waals surface area (Å²) in [6.45, 7) is 0.414. The predicted molar refractivity (Wildman–Crippen MR) is 87.1 cm³/mol. The summed E-state index contributed by atoms with van der Waals surface area (Å²) in [6.07, 6.45) is 0. The van der Waals surface area contributed by atoms with Crippen LogP contribution in [0.5, 0.6) is 5.75 Å². The van der Waals surface area contributed by atoms with Crippen molar-refractivity contribution in [2.45, 2.75) is 6.61 Å². The molecule has 0 aliphatic carbocycles. The molecule has 0 fully saturated rings. The van der Waals surface area contributed by atoms with Gasteiger partial charge in [-0.25, -0.2) is 4.98 Å². The second-order valence-electron chi connectivity index (χ2n) is 4.66. The van der Waals surface area contributed by atoms with E-state index in [0.29, 0.717) is 17.4 Å². The van der Waals surface area contributed by atoms with Crippen LogP contribution in [-0.4, -0.2) is 12.0 Å². The van der Waals surface area contributed by atoms with Gasteiger partial charge in [-0.15, -0.1) is 0 Å². The lowest BCUT2D eigenvalue weighted by molar-refractivity contribution is 0.307. The maximum atomic E-state index is 6.10. The van der Waals surface area contributed by atoms with Gasteiger partial charge >= 0.3 is 0 Å². The van der Waals surface area contributed by atoms with Crippen LogP contribution in [0.2, 0.25) is 5.02 Å². The SMILES string of the molecule is CNc1nc2ccccc2cc1COc1ccccc1Cl. The van der Waals surface area contributed by atoms with Crippen molar-refractivity contribution in [3.63, 3.8) is 0 Å². The molecule has 1 aromatic heterocycles. The molecule has 4 heteroatoms. The zero-order valence-electron chi connectivity index (χ0n) is 11.6. The van der Waals surface area contributed by atoms with Gasteiger partial charge in [-0.05, 0) is 24.3 Å². The highest BCUT2D eigenvalue weighted by Crippen LogP contribution is 2.26. The number of pyridine rings is 1. The summed E-state index contributed by atoms with van der Waals surface area (Å²) in [7, 11) is 1.86. The summed E-state index contributed by atoms with van der Waals surface area (Å²) < 4.78 is 5.80. The molecule has 0 amide bonds. The van der Waals surface area contributed by atoms with Crippen LogP contribution in [0.3, 0.4) is 0 Å². The molecule has 3 aromatic rings. The van der Waals surface area contributed by atoms with Gasteiger partial charge in [0, 0.05) is 18.0 Å². The third-order valence-electron chi connectivity index (χ3n) is 3.26. The van der Waals surface area contributed by atoms with E-state index in [1.807, 2.05) is 55.6 Å². The molecule has 106 valence electrons. The number of rotatable bonds is 4. The van der Waals surface area contributed by atoms with Crippen LogP contribution in [0, 0.1) is 0 Å². The average molecular weight is 299 g/mol. The second-order valence-corrected chi connectivity index (χ2v) is 5.07. The largest absolute Gasteiger partial charge is 0.487 e. The van der Waals surface area contributed by atoms with E-state index in [4.69, 9.17) is 16.3 Å². The normalized spacial score (nSPS) is 10.6. The Morgan fingerprint density at radius 3 is 2.67 bits per heavy atom. The third-order valence-corrected chi connectivity index (χ3v) is 3.57. The zero-order chi connectivity index (χ0) is 14.7. The highest BCUT2D eigenvalue weighted by molar-refractivity contribution is 6.32. The molecule has 21 heavy (non-hydrogen) atoms. The van der Waals surface area contributed by atoms with Crippen LogP contribution in [0.25, 0.3) is 10.9 Å². The van der Waals surface area contributed by atoms with E-state index in [-0.39, 0.29) is 0 Å². The van der Waals surface area contributed by atoms with Crippen LogP contribution < -0.4 is 10.1 Å². The Morgan fingerprint density at radius 1 is 1.10 bits per heavy atom. The van der Waals surface area contributed by atoms with Gasteiger partial charge < -0.3 is 10.1 Å². The van der Waals surface area contributed by atoms with Gasteiger partial charge in [0.05, 0.1) is 10.5 Å². The van der Waals surface area contributed by atoms with Gasteiger partial charge in [-0.2, -0.15) is 0 Å². The molecule has 1 N–H and O–H groups in total. The number of fused-ring (bicyclic) bond motifs is 1. The topological polar surface area (TPSA) is 34.2 Å². The monoisotopic (exact) mass is 298 g/mol. The van der Waals surface area contributed by atoms with Gasteiger partial charge in [0.2, 0.25) is 0 Å². The molecule has 0 aliphatic rings. The molecule has 0 aliphatic heterocycles. The molecular weight excluding hydrogens is 284 g/mol. The van der Waals surface area contributed by atoms with E-state index in [9.17, 15) is 0 Å². The Bertz CT molecular complexity index is 774. The first-order valence-electron chi connectivity index (χ1n) is 6.71. The van der Waals surface area contributed by atoms with Gasteiger partial charge in [-0.1, -0.05) is 41.9 Å². The Morgan fingerprint density at radius 2 is 1.86 bits per heavy atom. The summed E-state index contributed by atoms with van der Waals surface area (Å²) in [5, 5.41) is 4.81. The number of aromatic nitrogens is 1. The number of anilines is 1. The summed E-state index contributed by atoms with van der Waals surface area (Å²) in [5.41, 5.74) is 1.96. The first kappa shape index (κ1) is 13.7. The van der Waals surface area contributed by atoms with Crippen molar-refractivity contribution in [2.24, 2.45) is 0 Å². The molecule has 0 bridgehead atoms. The smallest absolute Gasteiger partial charge is 0.138 e. The fourth-order valence-corrected chi connectivity index (χ4v) is 2.39. The van der Waals surface area contributed by atoms with Crippen LogP contribution >= 0.6 is 11.6 Å². The van der Waals surface area contributed by atoms with Crippen molar-refractivity contribution in [3.8, 4) is 5.75 Å². The fraction of sp³-hybridized carbons (Fsp3) is 0.118. The van der Waals surface area contributed by atoms with E-state index in [1.54, 1.807) is 0 Å². The number of ether oxygens (including phenoxy) is 1. The van der Waals surface area contributed by atoms with Crippen molar-refractivity contribution >= 4 is 28.3 Å². The summed E-state index contributed by atoms with van der Waals surface area (Å²) in [5.74, 6) is 1.50. The van der Waals surface area contributed by atoms with Crippen molar-refractivity contribution in [3.05, 3.63) is 65.2 Å². The molecule has 0 unspecified atom stereocenters. The minimum absolute atomic E-state index is 0.414. The molecule has 0 radical (unpaired) electrons. The lowest BCUT2D eigenvalue weighted by Gasteiger charge is -2.12. The van der Waals surface area contributed by atoms with E-state index in [2.05, 4.69) is 16.4 Å². The molecule has 0 atom stereocenters. The highest BCUT2D eigenvalue weighted by atomic mass is 35.5. The molecule has 0 saturated carbocycles. The van der Waals surface area contributed by atoms with Crippen LogP contribution in [0.4, 0.5) is 5.82 Å². The van der Waals surface area contributed by atoms with Gasteiger partial charge in [0.25, 0.3) is 0 Å². The van der Waals surface area contributed by atoms with Crippen LogP contribution in [-0.2, 0) is 6.61 Å². The fourth-order valence-electron chi connectivity index (χ4n) is 2.20. The van der Waals surface area contributed by atoms with Gasteiger partial charge in [0.15, 0.2) is 0 Å². The Hall–Kier alpha value is -2.26. The lowest BCUT2D eigenvalue weighted by atomic mass is 10.1. The van der Waals surface area contributed by atoms with Crippen molar-refractivity contribution in [1.29, 1.82) is 0 Å². The van der Waals surface area contributed by atoms with E-state index in [0.717, 1.165) is 22.3 Å². The number of halogens is 1. The third kappa shape index (κ3) is 2.93. The Kier molecular flexibility index (Phi) is 3.93. The molecular formula is C17H15ClN2O. The van der Waals surface area contributed by atoms with E-state index >= 15 is 0 Å². The maximum Gasteiger partial charge on any atom is 0.138 e. The molecule has 2 aromatic carbocycles. The zero-order valence-corrected chi connectivity index (χ0v) is 12.4. The Labute approximate surface area is 128 Å². The van der Waals surface area contributed by atoms with Crippen LogP contribution in [0.15, 0.2) is 54.6 Å².